The maximum atomic E-state index is 12.8. The molecule has 0 radical (unpaired) electrons. The van der Waals surface area contributed by atoms with Crippen LogP contribution in [0.15, 0.2) is 46.9 Å². The van der Waals surface area contributed by atoms with Gasteiger partial charge in [-0.05, 0) is 43.5 Å². The molecule has 1 aliphatic rings. The molecule has 1 aliphatic carbocycles. The first-order valence-corrected chi connectivity index (χ1v) is 9.68. The van der Waals surface area contributed by atoms with E-state index in [1.54, 1.807) is 6.07 Å². The van der Waals surface area contributed by atoms with Crippen molar-refractivity contribution in [1.29, 1.82) is 0 Å². The Morgan fingerprint density at radius 1 is 1.29 bits per heavy atom. The number of hydrogen-bond acceptors (Lipinski definition) is 4. The lowest BCUT2D eigenvalue weighted by atomic mass is 10.1. The van der Waals surface area contributed by atoms with Crippen LogP contribution in [0.5, 0.6) is 5.75 Å². The third-order valence-corrected chi connectivity index (χ3v) is 4.95. The van der Waals surface area contributed by atoms with Gasteiger partial charge in [-0.3, -0.25) is 9.89 Å². The van der Waals surface area contributed by atoms with E-state index in [1.807, 2.05) is 43.3 Å². The molecule has 142 valence electrons. The number of H-pyrrole nitrogens is 1. The van der Waals surface area contributed by atoms with Gasteiger partial charge in [-0.15, -0.1) is 0 Å². The monoisotopic (exact) mass is 375 g/mol. The molecule has 2 aromatic carbocycles. The number of hydrogen-bond donors (Lipinski definition) is 2. The van der Waals surface area contributed by atoms with E-state index in [4.69, 9.17) is 9.15 Å². The molecule has 1 amide bonds. The second-order valence-electron chi connectivity index (χ2n) is 7.18. The fourth-order valence-corrected chi connectivity index (χ4v) is 3.38. The minimum atomic E-state index is -0.104. The number of carbonyl (C=O) groups excluding carboxylic acids is 1. The summed E-state index contributed by atoms with van der Waals surface area (Å²) in [5.74, 6) is 1.10. The summed E-state index contributed by atoms with van der Waals surface area (Å²) in [6, 6.07) is 13.7. The molecule has 6 heteroatoms. The summed E-state index contributed by atoms with van der Waals surface area (Å²) in [5.41, 5.74) is 2.79. The fourth-order valence-electron chi connectivity index (χ4n) is 3.38. The van der Waals surface area contributed by atoms with Gasteiger partial charge in [-0.25, -0.2) is 0 Å². The minimum absolute atomic E-state index is 0.104. The number of rotatable bonds is 6. The predicted octanol–water partition coefficient (Wildman–Crippen LogP) is 4.66. The lowest BCUT2D eigenvalue weighted by molar-refractivity contribution is 0.0947. The number of furan rings is 1. The van der Waals surface area contributed by atoms with Crippen LogP contribution < -0.4 is 10.1 Å². The summed E-state index contributed by atoms with van der Waals surface area (Å²) < 4.78 is 12.1. The van der Waals surface area contributed by atoms with Gasteiger partial charge in [0.15, 0.2) is 5.76 Å². The number of ether oxygens (including phenoxy) is 1. The van der Waals surface area contributed by atoms with E-state index in [0.29, 0.717) is 29.4 Å². The molecule has 6 nitrogen and oxygen atoms in total. The number of aromatic amines is 1. The molecule has 0 bridgehead atoms. The zero-order valence-corrected chi connectivity index (χ0v) is 15.6. The normalized spacial score (nSPS) is 13.9. The highest BCUT2D eigenvalue weighted by atomic mass is 16.5. The summed E-state index contributed by atoms with van der Waals surface area (Å²) >= 11 is 0. The minimum Gasteiger partial charge on any atom is -0.492 e. The zero-order chi connectivity index (χ0) is 19.1. The SMILES string of the molecule is CCCOc1c(C(=O)NC2CC2)ccc2[nH]nc(-c3cc4ccccc4o3)c12. The van der Waals surface area contributed by atoms with Crippen LogP contribution in [0.1, 0.15) is 36.5 Å². The largest absolute Gasteiger partial charge is 0.492 e. The number of nitrogens with one attached hydrogen (secondary N) is 2. The van der Waals surface area contributed by atoms with E-state index < -0.39 is 0 Å². The number of amides is 1. The van der Waals surface area contributed by atoms with Gasteiger partial charge in [0.25, 0.3) is 5.91 Å². The summed E-state index contributed by atoms with van der Waals surface area (Å²) in [4.78, 5) is 12.8. The first-order valence-electron chi connectivity index (χ1n) is 9.68. The standard InChI is InChI=1S/C22H21N3O3/c1-2-11-27-21-15(22(26)23-14-7-8-14)9-10-16-19(21)20(25-24-16)18-12-13-5-3-4-6-17(13)28-18/h3-6,9-10,12,14H,2,7-8,11H2,1H3,(H,23,26)(H,24,25). The third-order valence-electron chi connectivity index (χ3n) is 4.95. The number of carbonyl (C=O) groups is 1. The van der Waals surface area contributed by atoms with Gasteiger partial charge in [-0.1, -0.05) is 25.1 Å². The second kappa shape index (κ2) is 6.71. The maximum absolute atomic E-state index is 12.8. The smallest absolute Gasteiger partial charge is 0.255 e. The van der Waals surface area contributed by atoms with E-state index in [1.165, 1.54) is 0 Å². The topological polar surface area (TPSA) is 80.1 Å². The molecule has 1 saturated carbocycles. The van der Waals surface area contributed by atoms with Crippen molar-refractivity contribution in [3.05, 3.63) is 48.0 Å². The Bertz CT molecular complexity index is 1140. The van der Waals surface area contributed by atoms with Crippen molar-refractivity contribution in [3.8, 4) is 17.2 Å². The predicted molar refractivity (Wildman–Crippen MR) is 108 cm³/mol. The van der Waals surface area contributed by atoms with E-state index >= 15 is 0 Å². The number of nitrogens with zero attached hydrogens (tertiary/aromatic N) is 1. The summed E-state index contributed by atoms with van der Waals surface area (Å²) in [6.45, 7) is 2.56. The quantitative estimate of drug-likeness (QED) is 0.514. The van der Waals surface area contributed by atoms with Crippen LogP contribution in [-0.4, -0.2) is 28.8 Å². The average Bonchev–Trinajstić information content (AvgIpc) is 3.25. The molecule has 1 fully saturated rings. The van der Waals surface area contributed by atoms with Gasteiger partial charge in [0.2, 0.25) is 0 Å². The Morgan fingerprint density at radius 2 is 2.14 bits per heavy atom. The van der Waals surface area contributed by atoms with Crippen molar-refractivity contribution in [2.45, 2.75) is 32.2 Å². The van der Waals surface area contributed by atoms with Crippen molar-refractivity contribution in [2.75, 3.05) is 6.61 Å². The Balaban J connectivity index is 1.67. The van der Waals surface area contributed by atoms with Crippen LogP contribution in [0.25, 0.3) is 33.3 Å². The Kier molecular flexibility index (Phi) is 4.04. The third kappa shape index (κ3) is 2.91. The molecule has 2 N–H and O–H groups in total. The van der Waals surface area contributed by atoms with Gasteiger partial charge in [0.05, 0.1) is 23.1 Å². The highest BCUT2D eigenvalue weighted by molar-refractivity contribution is 6.07. The van der Waals surface area contributed by atoms with Crippen molar-refractivity contribution in [3.63, 3.8) is 0 Å². The maximum Gasteiger partial charge on any atom is 0.255 e. The summed E-state index contributed by atoms with van der Waals surface area (Å²) in [6.07, 6.45) is 2.92. The van der Waals surface area contributed by atoms with Gasteiger partial charge < -0.3 is 14.5 Å². The lowest BCUT2D eigenvalue weighted by Crippen LogP contribution is -2.26. The number of para-hydroxylation sites is 1. The van der Waals surface area contributed by atoms with Crippen LogP contribution in [-0.2, 0) is 0 Å². The molecule has 2 heterocycles. The van der Waals surface area contributed by atoms with Gasteiger partial charge >= 0.3 is 0 Å². The molecule has 0 atom stereocenters. The van der Waals surface area contributed by atoms with E-state index in [2.05, 4.69) is 15.5 Å². The van der Waals surface area contributed by atoms with Crippen molar-refractivity contribution in [1.82, 2.24) is 15.5 Å². The average molecular weight is 375 g/mol. The van der Waals surface area contributed by atoms with E-state index in [0.717, 1.165) is 41.1 Å². The van der Waals surface area contributed by atoms with Crippen molar-refractivity contribution in [2.24, 2.45) is 0 Å². The van der Waals surface area contributed by atoms with Gasteiger partial charge in [0, 0.05) is 11.4 Å². The van der Waals surface area contributed by atoms with Crippen LogP contribution in [0.4, 0.5) is 0 Å². The van der Waals surface area contributed by atoms with Crippen LogP contribution in [0.3, 0.4) is 0 Å². The van der Waals surface area contributed by atoms with E-state index in [9.17, 15) is 4.79 Å². The van der Waals surface area contributed by atoms with Crippen LogP contribution in [0.2, 0.25) is 0 Å². The summed E-state index contributed by atoms with van der Waals surface area (Å²) in [5, 5.41) is 12.4. The highest BCUT2D eigenvalue weighted by Gasteiger charge is 2.27. The number of fused-ring (bicyclic) bond motifs is 2. The highest BCUT2D eigenvalue weighted by Crippen LogP contribution is 2.38. The Morgan fingerprint density at radius 3 is 2.93 bits per heavy atom. The molecule has 0 unspecified atom stereocenters. The number of aromatic nitrogens is 2. The first kappa shape index (κ1) is 16.9. The molecule has 0 saturated heterocycles. The molecule has 2 aromatic heterocycles. The lowest BCUT2D eigenvalue weighted by Gasteiger charge is -2.13. The second-order valence-corrected chi connectivity index (χ2v) is 7.18. The fraction of sp³-hybridized carbons (Fsp3) is 0.273. The Labute approximate surface area is 161 Å². The first-order chi connectivity index (χ1) is 13.7. The van der Waals surface area contributed by atoms with E-state index in [-0.39, 0.29) is 11.9 Å². The van der Waals surface area contributed by atoms with Gasteiger partial charge in [0.1, 0.15) is 17.0 Å². The molecule has 0 aliphatic heterocycles. The van der Waals surface area contributed by atoms with Crippen molar-refractivity contribution < 1.29 is 13.9 Å². The van der Waals surface area contributed by atoms with Crippen LogP contribution in [0, 0.1) is 0 Å². The molecular weight excluding hydrogens is 354 g/mol. The van der Waals surface area contributed by atoms with Crippen LogP contribution >= 0.6 is 0 Å². The van der Waals surface area contributed by atoms with Gasteiger partial charge in [-0.2, -0.15) is 5.10 Å². The summed E-state index contributed by atoms with van der Waals surface area (Å²) in [7, 11) is 0. The molecule has 5 rings (SSSR count). The molecule has 28 heavy (non-hydrogen) atoms. The molecular formula is C22H21N3O3. The Hall–Kier alpha value is -3.28. The zero-order valence-electron chi connectivity index (χ0n) is 15.6. The molecule has 4 aromatic rings. The molecule has 0 spiro atoms. The number of benzene rings is 2. The van der Waals surface area contributed by atoms with Crippen molar-refractivity contribution >= 4 is 27.8 Å².